The maximum Gasteiger partial charge on any atom is 0.244 e. The van der Waals surface area contributed by atoms with Gasteiger partial charge in [-0.3, -0.25) is 9.69 Å². The molecule has 1 saturated carbocycles. The summed E-state index contributed by atoms with van der Waals surface area (Å²) in [5.74, 6) is -0.149. The molecule has 1 aliphatic carbocycles. The van der Waals surface area contributed by atoms with E-state index in [0.717, 1.165) is 52.1 Å². The van der Waals surface area contributed by atoms with E-state index in [1.807, 2.05) is 6.08 Å². The summed E-state index contributed by atoms with van der Waals surface area (Å²) in [4.78, 5) is 14.1. The molecule has 0 spiro atoms. The first-order valence-corrected chi connectivity index (χ1v) is 7.68. The molecule has 120 valence electrons. The molecule has 2 N–H and O–H groups in total. The second-order valence-electron chi connectivity index (χ2n) is 5.63. The van der Waals surface area contributed by atoms with Crippen LogP contribution in [0.3, 0.4) is 0 Å². The van der Waals surface area contributed by atoms with E-state index in [1.54, 1.807) is 13.2 Å². The summed E-state index contributed by atoms with van der Waals surface area (Å²) in [6, 6.07) is -0.218. The number of methoxy groups -OCH3 is 1. The van der Waals surface area contributed by atoms with Gasteiger partial charge >= 0.3 is 0 Å². The Bertz CT molecular complexity index is 356. The normalized spacial score (nSPS) is 31.4. The maximum absolute atomic E-state index is 11.9. The van der Waals surface area contributed by atoms with Crippen LogP contribution in [-0.4, -0.2) is 74.1 Å². The lowest BCUT2D eigenvalue weighted by Crippen LogP contribution is -2.51. The predicted octanol–water partition coefficient (Wildman–Crippen LogP) is -0.0806. The molecule has 0 unspecified atom stereocenters. The lowest BCUT2D eigenvalue weighted by molar-refractivity contribution is -0.120. The molecule has 1 saturated heterocycles. The Morgan fingerprint density at radius 2 is 2.19 bits per heavy atom. The minimum Gasteiger partial charge on any atom is -0.388 e. The number of amides is 1. The first kappa shape index (κ1) is 16.4. The van der Waals surface area contributed by atoms with Gasteiger partial charge in [-0.25, -0.2) is 0 Å². The zero-order valence-corrected chi connectivity index (χ0v) is 12.7. The Morgan fingerprint density at radius 1 is 1.43 bits per heavy atom. The molecule has 0 aromatic rings. The van der Waals surface area contributed by atoms with Crippen LogP contribution in [0.4, 0.5) is 0 Å². The van der Waals surface area contributed by atoms with Gasteiger partial charge in [-0.15, -0.1) is 0 Å². The first-order chi connectivity index (χ1) is 10.2. The van der Waals surface area contributed by atoms with E-state index in [4.69, 9.17) is 9.47 Å². The van der Waals surface area contributed by atoms with Crippen molar-refractivity contribution in [1.29, 1.82) is 0 Å². The summed E-state index contributed by atoms with van der Waals surface area (Å²) in [6.45, 7) is 4.08. The zero-order chi connectivity index (χ0) is 15.1. The summed E-state index contributed by atoms with van der Waals surface area (Å²) in [7, 11) is 1.60. The Morgan fingerprint density at radius 3 is 2.90 bits per heavy atom. The van der Waals surface area contributed by atoms with Crippen molar-refractivity contribution in [3.05, 3.63) is 12.2 Å². The smallest absolute Gasteiger partial charge is 0.244 e. The minimum atomic E-state index is -0.625. The van der Waals surface area contributed by atoms with Gasteiger partial charge in [0.25, 0.3) is 0 Å². The quantitative estimate of drug-likeness (QED) is 0.695. The third-order valence-corrected chi connectivity index (χ3v) is 4.16. The standard InChI is InChI=1S/C15H26N2O4/c1-20-13-5-2-4-12(15(13)19)16-14(18)6-3-7-17-8-10-21-11-9-17/h3,6,12-13,15,19H,2,4-5,7-11H2,1H3,(H,16,18)/t12-,13-,15-/m1/s1. The number of morpholine rings is 1. The van der Waals surface area contributed by atoms with Crippen molar-refractivity contribution in [2.45, 2.75) is 37.5 Å². The topological polar surface area (TPSA) is 71.0 Å². The number of hydrogen-bond acceptors (Lipinski definition) is 5. The average Bonchev–Trinajstić information content (AvgIpc) is 2.50. The van der Waals surface area contributed by atoms with Crippen LogP contribution >= 0.6 is 0 Å². The molecule has 6 heteroatoms. The highest BCUT2D eigenvalue weighted by atomic mass is 16.5. The summed E-state index contributed by atoms with van der Waals surface area (Å²) in [5.41, 5.74) is 0. The molecular formula is C15H26N2O4. The molecule has 0 bridgehead atoms. The van der Waals surface area contributed by atoms with E-state index in [1.165, 1.54) is 0 Å². The van der Waals surface area contributed by atoms with Crippen molar-refractivity contribution in [3.63, 3.8) is 0 Å². The van der Waals surface area contributed by atoms with Crippen molar-refractivity contribution in [1.82, 2.24) is 10.2 Å². The van der Waals surface area contributed by atoms with E-state index in [-0.39, 0.29) is 18.1 Å². The number of nitrogens with one attached hydrogen (secondary N) is 1. The van der Waals surface area contributed by atoms with Crippen LogP contribution in [0.15, 0.2) is 12.2 Å². The zero-order valence-electron chi connectivity index (χ0n) is 12.7. The molecule has 1 amide bonds. The number of hydrogen-bond donors (Lipinski definition) is 2. The van der Waals surface area contributed by atoms with E-state index < -0.39 is 6.10 Å². The molecule has 1 heterocycles. The van der Waals surface area contributed by atoms with Gasteiger partial charge in [0.05, 0.1) is 25.4 Å². The Labute approximate surface area is 126 Å². The summed E-state index contributed by atoms with van der Waals surface area (Å²) in [5, 5.41) is 13.0. The van der Waals surface area contributed by atoms with Gasteiger partial charge in [0.2, 0.25) is 5.91 Å². The highest BCUT2D eigenvalue weighted by Gasteiger charge is 2.32. The van der Waals surface area contributed by atoms with Crippen LogP contribution in [0, 0.1) is 0 Å². The van der Waals surface area contributed by atoms with Crippen molar-refractivity contribution < 1.29 is 19.4 Å². The van der Waals surface area contributed by atoms with Gasteiger partial charge < -0.3 is 19.9 Å². The van der Waals surface area contributed by atoms with E-state index in [9.17, 15) is 9.90 Å². The largest absolute Gasteiger partial charge is 0.388 e. The minimum absolute atomic E-state index is 0.149. The highest BCUT2D eigenvalue weighted by molar-refractivity contribution is 5.87. The second kappa shape index (κ2) is 8.48. The number of nitrogens with zero attached hydrogens (tertiary/aromatic N) is 1. The molecular weight excluding hydrogens is 272 g/mol. The van der Waals surface area contributed by atoms with Crippen LogP contribution in [0.1, 0.15) is 19.3 Å². The Hall–Kier alpha value is -0.950. The first-order valence-electron chi connectivity index (χ1n) is 7.68. The summed E-state index contributed by atoms with van der Waals surface area (Å²) < 4.78 is 10.5. The van der Waals surface area contributed by atoms with Crippen LogP contribution < -0.4 is 5.32 Å². The van der Waals surface area contributed by atoms with Crippen LogP contribution in [0.2, 0.25) is 0 Å². The van der Waals surface area contributed by atoms with Crippen molar-refractivity contribution in [2.75, 3.05) is 40.0 Å². The highest BCUT2D eigenvalue weighted by Crippen LogP contribution is 2.21. The number of ether oxygens (including phenoxy) is 2. The Balaban J connectivity index is 1.72. The lowest BCUT2D eigenvalue weighted by atomic mass is 9.90. The third kappa shape index (κ3) is 5.07. The van der Waals surface area contributed by atoms with Crippen LogP contribution in [-0.2, 0) is 14.3 Å². The van der Waals surface area contributed by atoms with E-state index >= 15 is 0 Å². The fraction of sp³-hybridized carbons (Fsp3) is 0.800. The van der Waals surface area contributed by atoms with Gasteiger partial charge in [-0.1, -0.05) is 6.08 Å². The monoisotopic (exact) mass is 298 g/mol. The number of aliphatic hydroxyl groups excluding tert-OH is 1. The SMILES string of the molecule is CO[C@@H]1CCC[C@@H](NC(=O)C=CCN2CCOCC2)[C@H]1O. The van der Waals surface area contributed by atoms with Gasteiger partial charge in [0.1, 0.15) is 6.10 Å². The molecule has 2 rings (SSSR count). The number of rotatable bonds is 5. The molecule has 2 fully saturated rings. The van der Waals surface area contributed by atoms with Crippen molar-refractivity contribution in [3.8, 4) is 0 Å². The predicted molar refractivity (Wildman–Crippen MR) is 79.0 cm³/mol. The fourth-order valence-corrected chi connectivity index (χ4v) is 2.88. The Kier molecular flexibility index (Phi) is 6.63. The average molecular weight is 298 g/mol. The number of carbonyl (C=O) groups excluding carboxylic acids is 1. The number of carbonyl (C=O) groups is 1. The van der Waals surface area contributed by atoms with Gasteiger partial charge in [-0.05, 0) is 19.3 Å². The molecule has 6 nitrogen and oxygen atoms in total. The lowest BCUT2D eigenvalue weighted by Gasteiger charge is -2.34. The van der Waals surface area contributed by atoms with E-state index in [2.05, 4.69) is 10.2 Å². The van der Waals surface area contributed by atoms with Gasteiger partial charge in [0, 0.05) is 32.8 Å². The van der Waals surface area contributed by atoms with Crippen LogP contribution in [0.25, 0.3) is 0 Å². The summed E-state index contributed by atoms with van der Waals surface area (Å²) in [6.07, 6.45) is 5.21. The summed E-state index contributed by atoms with van der Waals surface area (Å²) >= 11 is 0. The third-order valence-electron chi connectivity index (χ3n) is 4.16. The van der Waals surface area contributed by atoms with Crippen LogP contribution in [0.5, 0.6) is 0 Å². The molecule has 2 aliphatic rings. The van der Waals surface area contributed by atoms with Crippen molar-refractivity contribution in [2.24, 2.45) is 0 Å². The molecule has 1 aliphatic heterocycles. The van der Waals surface area contributed by atoms with Gasteiger partial charge in [0.15, 0.2) is 0 Å². The molecule has 0 radical (unpaired) electrons. The fourth-order valence-electron chi connectivity index (χ4n) is 2.88. The van der Waals surface area contributed by atoms with Gasteiger partial charge in [-0.2, -0.15) is 0 Å². The second-order valence-corrected chi connectivity index (χ2v) is 5.63. The van der Waals surface area contributed by atoms with E-state index in [0.29, 0.717) is 0 Å². The maximum atomic E-state index is 11.9. The van der Waals surface area contributed by atoms with Crippen molar-refractivity contribution >= 4 is 5.91 Å². The molecule has 21 heavy (non-hydrogen) atoms. The molecule has 3 atom stereocenters. The molecule has 0 aromatic heterocycles. The molecule has 0 aromatic carbocycles. The number of aliphatic hydroxyl groups is 1.